The van der Waals surface area contributed by atoms with Crippen LogP contribution in [0.5, 0.6) is 0 Å². The van der Waals surface area contributed by atoms with Gasteiger partial charge in [0.1, 0.15) is 0 Å². The standard InChI is InChI=1S/C36H47N5/c1-9-21-22(10-2)35-31(37)36-26(14-6)25(13-5)34(41-36)28(16-8)33-24(12-4)23(11-3)32(40-33)27(15-7)29-18-17-20(38-29)19-30(21)39-35/h17-19,39-40H,9-16,37H2,1-8H3. The third-order valence-electron chi connectivity index (χ3n) is 9.13. The summed E-state index contributed by atoms with van der Waals surface area (Å²) in [5.74, 6) is 0. The average Bonchev–Trinajstić information content (AvgIpc) is 3.76. The van der Waals surface area contributed by atoms with Gasteiger partial charge < -0.3 is 15.7 Å². The summed E-state index contributed by atoms with van der Waals surface area (Å²) < 4.78 is 0. The van der Waals surface area contributed by atoms with E-state index in [-0.39, 0.29) is 0 Å². The molecule has 8 bridgehead atoms. The second kappa shape index (κ2) is 11.7. The first-order chi connectivity index (χ1) is 19.9. The fourth-order valence-electron chi connectivity index (χ4n) is 7.23. The lowest BCUT2D eigenvalue weighted by Crippen LogP contribution is -1.96. The molecule has 4 N–H and O–H groups in total. The van der Waals surface area contributed by atoms with Crippen LogP contribution in [0.1, 0.15) is 124 Å². The summed E-state index contributed by atoms with van der Waals surface area (Å²) in [6.45, 7) is 18.0. The van der Waals surface area contributed by atoms with E-state index in [0.29, 0.717) is 0 Å². The number of allylic oxidation sites excluding steroid dienone is 2. The Hall–Kier alpha value is -3.60. The van der Waals surface area contributed by atoms with E-state index in [1.807, 2.05) is 0 Å². The van der Waals surface area contributed by atoms with Gasteiger partial charge in [0.25, 0.3) is 0 Å². The number of hydrogen-bond donors (Lipinski definition) is 3. The van der Waals surface area contributed by atoms with E-state index in [9.17, 15) is 0 Å². The Labute approximate surface area is 245 Å². The summed E-state index contributed by atoms with van der Waals surface area (Å²) >= 11 is 0. The molecule has 0 amide bonds. The maximum Gasteiger partial charge on any atom is 0.0923 e. The lowest BCUT2D eigenvalue weighted by atomic mass is 9.95. The minimum absolute atomic E-state index is 0.756. The van der Waals surface area contributed by atoms with Gasteiger partial charge in [-0.1, -0.05) is 55.4 Å². The summed E-state index contributed by atoms with van der Waals surface area (Å²) in [6, 6.07) is 2.20. The van der Waals surface area contributed by atoms with Crippen LogP contribution in [0.4, 0.5) is 5.69 Å². The number of nitrogen functional groups attached to an aromatic ring is 1. The SMILES string of the molecule is CCC1=C(CC)c2nc1c(N)c1[nH]c(cc3nc(c(CC)c4[nH]c(c2CC)c(CC)c4CC)C=C3)c(CC)c1CC. The van der Waals surface area contributed by atoms with Crippen LogP contribution in [-0.2, 0) is 38.5 Å². The molecule has 5 heteroatoms. The number of nitrogens with one attached hydrogen (secondary N) is 2. The molecule has 0 fully saturated rings. The molecule has 0 atom stereocenters. The van der Waals surface area contributed by atoms with Gasteiger partial charge in [-0.3, -0.25) is 0 Å². The van der Waals surface area contributed by atoms with Crippen LogP contribution < -0.4 is 5.73 Å². The highest BCUT2D eigenvalue weighted by Crippen LogP contribution is 2.41. The molecule has 0 saturated heterocycles. The van der Waals surface area contributed by atoms with Crippen LogP contribution in [0.25, 0.3) is 45.4 Å². The summed E-state index contributed by atoms with van der Waals surface area (Å²) in [5.41, 5.74) is 27.1. The summed E-state index contributed by atoms with van der Waals surface area (Å²) in [4.78, 5) is 18.3. The predicted molar refractivity (Wildman–Crippen MR) is 178 cm³/mol. The second-order valence-corrected chi connectivity index (χ2v) is 11.1. The summed E-state index contributed by atoms with van der Waals surface area (Å²) in [7, 11) is 0. The van der Waals surface area contributed by atoms with Crippen LogP contribution in [0.2, 0.25) is 0 Å². The molecule has 5 rings (SSSR count). The molecule has 3 aromatic rings. The van der Waals surface area contributed by atoms with Gasteiger partial charge >= 0.3 is 0 Å². The largest absolute Gasteiger partial charge is 0.395 e. The molecular weight excluding hydrogens is 502 g/mol. The third kappa shape index (κ3) is 4.54. The number of aryl methyl sites for hydroxylation is 6. The Morgan fingerprint density at radius 3 is 1.63 bits per heavy atom. The van der Waals surface area contributed by atoms with E-state index >= 15 is 0 Å². The molecule has 0 radical (unpaired) electrons. The van der Waals surface area contributed by atoms with Crippen LogP contribution in [0.3, 0.4) is 0 Å². The number of anilines is 1. The minimum Gasteiger partial charge on any atom is -0.395 e. The van der Waals surface area contributed by atoms with E-state index in [4.69, 9.17) is 15.7 Å². The maximum atomic E-state index is 7.12. The molecule has 2 aliphatic rings. The van der Waals surface area contributed by atoms with Gasteiger partial charge in [0.2, 0.25) is 0 Å². The number of aromatic amines is 2. The van der Waals surface area contributed by atoms with Crippen molar-refractivity contribution < 1.29 is 0 Å². The molecule has 41 heavy (non-hydrogen) atoms. The van der Waals surface area contributed by atoms with Gasteiger partial charge in [-0.2, -0.15) is 0 Å². The van der Waals surface area contributed by atoms with Crippen molar-refractivity contribution in [3.05, 3.63) is 62.2 Å². The molecular formula is C36H47N5. The first kappa shape index (κ1) is 28.9. The number of rotatable bonds is 8. The smallest absolute Gasteiger partial charge is 0.0923 e. The Morgan fingerprint density at radius 2 is 1.07 bits per heavy atom. The maximum absolute atomic E-state index is 7.12. The number of nitrogens with two attached hydrogens (primary N) is 1. The molecule has 0 unspecified atom stereocenters. The zero-order valence-electron chi connectivity index (χ0n) is 26.4. The quantitative estimate of drug-likeness (QED) is 0.205. The highest BCUT2D eigenvalue weighted by atomic mass is 14.8. The van der Waals surface area contributed by atoms with Gasteiger partial charge in [0.05, 0.1) is 34.0 Å². The van der Waals surface area contributed by atoms with E-state index in [1.165, 1.54) is 55.6 Å². The fraction of sp³-hybridized carbons (Fsp3) is 0.444. The van der Waals surface area contributed by atoms with Crippen molar-refractivity contribution in [1.82, 2.24) is 19.9 Å². The highest BCUT2D eigenvalue weighted by molar-refractivity contribution is 6.00. The first-order valence-electron chi connectivity index (χ1n) is 15.9. The van der Waals surface area contributed by atoms with Gasteiger partial charge in [-0.15, -0.1) is 0 Å². The first-order valence-corrected chi connectivity index (χ1v) is 15.9. The van der Waals surface area contributed by atoms with Crippen LogP contribution >= 0.6 is 0 Å². The predicted octanol–water partition coefficient (Wildman–Crippen LogP) is 9.17. The normalized spacial score (nSPS) is 13.1. The van der Waals surface area contributed by atoms with Crippen LogP contribution in [0.15, 0.2) is 6.07 Å². The topological polar surface area (TPSA) is 83.4 Å². The van der Waals surface area contributed by atoms with Gasteiger partial charge in [0.15, 0.2) is 0 Å². The zero-order valence-corrected chi connectivity index (χ0v) is 26.4. The molecule has 0 aliphatic carbocycles. The van der Waals surface area contributed by atoms with Crippen molar-refractivity contribution in [2.75, 3.05) is 5.73 Å². The van der Waals surface area contributed by atoms with E-state index in [2.05, 4.69) is 83.6 Å². The average molecular weight is 550 g/mol. The number of aromatic nitrogens is 4. The number of fused-ring (bicyclic) bond motifs is 8. The Balaban J connectivity index is 2.13. The molecule has 5 heterocycles. The Morgan fingerprint density at radius 1 is 0.537 bits per heavy atom. The van der Waals surface area contributed by atoms with Crippen molar-refractivity contribution in [2.24, 2.45) is 0 Å². The van der Waals surface area contributed by atoms with Crippen molar-refractivity contribution >= 4 is 51.1 Å². The lowest BCUT2D eigenvalue weighted by molar-refractivity contribution is 1.05. The second-order valence-electron chi connectivity index (χ2n) is 11.1. The molecule has 0 saturated carbocycles. The molecule has 5 nitrogen and oxygen atoms in total. The molecule has 2 aliphatic heterocycles. The summed E-state index contributed by atoms with van der Waals surface area (Å²) in [5, 5.41) is 0. The van der Waals surface area contributed by atoms with Gasteiger partial charge in [-0.25, -0.2) is 9.97 Å². The molecule has 216 valence electrons. The molecule has 0 aromatic carbocycles. The van der Waals surface area contributed by atoms with Gasteiger partial charge in [-0.05, 0) is 103 Å². The van der Waals surface area contributed by atoms with Crippen LogP contribution in [0, 0.1) is 0 Å². The minimum atomic E-state index is 0.756. The van der Waals surface area contributed by atoms with Crippen molar-refractivity contribution in [3.63, 3.8) is 0 Å². The lowest BCUT2D eigenvalue weighted by Gasteiger charge is -2.08. The van der Waals surface area contributed by atoms with Crippen molar-refractivity contribution in [2.45, 2.75) is 107 Å². The number of hydrogen-bond acceptors (Lipinski definition) is 3. The Kier molecular flexibility index (Phi) is 8.26. The van der Waals surface area contributed by atoms with E-state index < -0.39 is 0 Å². The van der Waals surface area contributed by atoms with E-state index in [1.54, 1.807) is 0 Å². The molecule has 3 aromatic heterocycles. The van der Waals surface area contributed by atoms with Gasteiger partial charge in [0, 0.05) is 27.7 Å². The van der Waals surface area contributed by atoms with Crippen LogP contribution in [-0.4, -0.2) is 19.9 Å². The highest BCUT2D eigenvalue weighted by Gasteiger charge is 2.25. The fourth-order valence-corrected chi connectivity index (χ4v) is 7.23. The number of nitrogens with zero attached hydrogens (tertiary/aromatic N) is 2. The van der Waals surface area contributed by atoms with Crippen molar-refractivity contribution in [3.8, 4) is 0 Å². The third-order valence-corrected chi connectivity index (χ3v) is 9.13. The van der Waals surface area contributed by atoms with Crippen molar-refractivity contribution in [1.29, 1.82) is 0 Å². The molecule has 0 spiro atoms. The zero-order chi connectivity index (χ0) is 29.4. The summed E-state index contributed by atoms with van der Waals surface area (Å²) in [6.07, 6.45) is 11.7. The monoisotopic (exact) mass is 549 g/mol. The Bertz CT molecular complexity index is 1720. The van der Waals surface area contributed by atoms with E-state index in [0.717, 1.165) is 90.9 Å². The number of H-pyrrole nitrogens is 2.